The third-order valence-corrected chi connectivity index (χ3v) is 6.21. The fourth-order valence-corrected chi connectivity index (χ4v) is 4.97. The molecule has 0 aromatic heterocycles. The summed E-state index contributed by atoms with van der Waals surface area (Å²) in [5.74, 6) is 0.677. The summed E-state index contributed by atoms with van der Waals surface area (Å²) in [5, 5.41) is 0. The van der Waals surface area contributed by atoms with E-state index in [9.17, 15) is 8.42 Å². The molecule has 0 saturated heterocycles. The lowest BCUT2D eigenvalue weighted by molar-refractivity contribution is 0.411. The molecule has 0 N–H and O–H groups in total. The second-order valence-electron chi connectivity index (χ2n) is 4.75. The van der Waals surface area contributed by atoms with Gasteiger partial charge in [0, 0.05) is 6.54 Å². The lowest BCUT2D eigenvalue weighted by Gasteiger charge is -2.20. The van der Waals surface area contributed by atoms with Crippen molar-refractivity contribution in [3.05, 3.63) is 51.6 Å². The SMILES string of the molecule is COc1ccc(S(=O)(=O)N2CCc3ccccc32)cc1I. The molecule has 0 spiro atoms. The molecular weight excluding hydrogens is 401 g/mol. The Morgan fingerprint density at radius 2 is 1.95 bits per heavy atom. The van der Waals surface area contributed by atoms with Gasteiger partial charge in [-0.1, -0.05) is 18.2 Å². The molecule has 0 bridgehead atoms. The van der Waals surface area contributed by atoms with E-state index in [0.717, 1.165) is 21.2 Å². The van der Waals surface area contributed by atoms with Crippen LogP contribution in [0.2, 0.25) is 0 Å². The molecule has 2 aromatic carbocycles. The van der Waals surface area contributed by atoms with Crippen molar-refractivity contribution in [3.63, 3.8) is 0 Å². The maximum absolute atomic E-state index is 12.8. The summed E-state index contributed by atoms with van der Waals surface area (Å²) in [7, 11) is -1.95. The van der Waals surface area contributed by atoms with Gasteiger partial charge in [0.2, 0.25) is 0 Å². The van der Waals surface area contributed by atoms with Crippen LogP contribution in [-0.4, -0.2) is 22.1 Å². The van der Waals surface area contributed by atoms with Gasteiger partial charge in [-0.3, -0.25) is 4.31 Å². The molecular formula is C15H14INO3S. The summed E-state index contributed by atoms with van der Waals surface area (Å²) in [6.07, 6.45) is 0.753. The summed E-state index contributed by atoms with van der Waals surface area (Å²) in [5.41, 5.74) is 1.85. The third-order valence-electron chi connectivity index (χ3n) is 3.56. The number of methoxy groups -OCH3 is 1. The highest BCUT2D eigenvalue weighted by Gasteiger charge is 2.30. The van der Waals surface area contributed by atoms with Crippen molar-refractivity contribution in [2.75, 3.05) is 18.0 Å². The number of para-hydroxylation sites is 1. The highest BCUT2D eigenvalue weighted by atomic mass is 127. The number of hydrogen-bond donors (Lipinski definition) is 0. The smallest absolute Gasteiger partial charge is 0.264 e. The van der Waals surface area contributed by atoms with Crippen LogP contribution in [0.5, 0.6) is 5.75 Å². The number of halogens is 1. The van der Waals surface area contributed by atoms with Crippen LogP contribution < -0.4 is 9.04 Å². The summed E-state index contributed by atoms with van der Waals surface area (Å²) in [4.78, 5) is 0.296. The first-order valence-corrected chi connectivity index (χ1v) is 9.00. The van der Waals surface area contributed by atoms with E-state index in [1.165, 1.54) is 4.31 Å². The molecule has 1 heterocycles. The fraction of sp³-hybridized carbons (Fsp3) is 0.200. The van der Waals surface area contributed by atoms with E-state index in [1.807, 2.05) is 24.3 Å². The number of nitrogens with zero attached hydrogens (tertiary/aromatic N) is 1. The Bertz CT molecular complexity index is 789. The average Bonchev–Trinajstić information content (AvgIpc) is 2.91. The van der Waals surface area contributed by atoms with Crippen molar-refractivity contribution in [1.29, 1.82) is 0 Å². The Labute approximate surface area is 137 Å². The molecule has 6 heteroatoms. The summed E-state index contributed by atoms with van der Waals surface area (Å²) in [6.45, 7) is 0.490. The van der Waals surface area contributed by atoms with Crippen molar-refractivity contribution in [3.8, 4) is 5.75 Å². The van der Waals surface area contributed by atoms with E-state index in [4.69, 9.17) is 4.74 Å². The molecule has 0 radical (unpaired) electrons. The van der Waals surface area contributed by atoms with E-state index in [1.54, 1.807) is 25.3 Å². The summed E-state index contributed by atoms with van der Waals surface area (Å²) >= 11 is 2.08. The van der Waals surface area contributed by atoms with Gasteiger partial charge < -0.3 is 4.74 Å². The van der Waals surface area contributed by atoms with Gasteiger partial charge in [-0.05, 0) is 58.8 Å². The Morgan fingerprint density at radius 3 is 2.67 bits per heavy atom. The number of benzene rings is 2. The van der Waals surface area contributed by atoms with E-state index >= 15 is 0 Å². The molecule has 1 aliphatic rings. The standard InChI is InChI=1S/C15H14INO3S/c1-20-15-7-6-12(10-13(15)16)21(18,19)17-9-8-11-4-2-3-5-14(11)17/h2-7,10H,8-9H2,1H3. The molecule has 2 aromatic rings. The Balaban J connectivity index is 2.04. The van der Waals surface area contributed by atoms with Crippen LogP contribution in [0, 0.1) is 3.57 Å². The Morgan fingerprint density at radius 1 is 1.19 bits per heavy atom. The van der Waals surface area contributed by atoms with Crippen molar-refractivity contribution >= 4 is 38.3 Å². The molecule has 0 unspecified atom stereocenters. The monoisotopic (exact) mass is 415 g/mol. The predicted octanol–water partition coefficient (Wildman–Crippen LogP) is 3.05. The number of fused-ring (bicyclic) bond motifs is 1. The largest absolute Gasteiger partial charge is 0.496 e. The molecule has 3 rings (SSSR count). The normalized spacial score (nSPS) is 14.1. The van der Waals surface area contributed by atoms with Crippen LogP contribution in [0.4, 0.5) is 5.69 Å². The second-order valence-corrected chi connectivity index (χ2v) is 7.78. The van der Waals surface area contributed by atoms with Crippen LogP contribution in [0.3, 0.4) is 0 Å². The van der Waals surface area contributed by atoms with Crippen molar-refractivity contribution in [2.45, 2.75) is 11.3 Å². The molecule has 21 heavy (non-hydrogen) atoms. The maximum Gasteiger partial charge on any atom is 0.264 e. The molecule has 4 nitrogen and oxygen atoms in total. The van der Waals surface area contributed by atoms with Crippen molar-refractivity contribution < 1.29 is 13.2 Å². The minimum absolute atomic E-state index is 0.296. The van der Waals surface area contributed by atoms with E-state index in [0.29, 0.717) is 17.2 Å². The van der Waals surface area contributed by atoms with Gasteiger partial charge >= 0.3 is 0 Å². The average molecular weight is 415 g/mol. The van der Waals surface area contributed by atoms with E-state index < -0.39 is 10.0 Å². The lowest BCUT2D eigenvalue weighted by atomic mass is 10.2. The van der Waals surface area contributed by atoms with Crippen LogP contribution >= 0.6 is 22.6 Å². The molecule has 0 saturated carbocycles. The first-order valence-electron chi connectivity index (χ1n) is 6.48. The van der Waals surface area contributed by atoms with Crippen molar-refractivity contribution in [2.24, 2.45) is 0 Å². The molecule has 0 fully saturated rings. The topological polar surface area (TPSA) is 46.6 Å². The number of anilines is 1. The van der Waals surface area contributed by atoms with Gasteiger partial charge in [-0.15, -0.1) is 0 Å². The predicted molar refractivity (Wildman–Crippen MR) is 90.4 cm³/mol. The van der Waals surface area contributed by atoms with E-state index in [-0.39, 0.29) is 0 Å². The summed E-state index contributed by atoms with van der Waals surface area (Å²) < 4.78 is 33.1. The lowest BCUT2D eigenvalue weighted by Crippen LogP contribution is -2.29. The fourth-order valence-electron chi connectivity index (χ4n) is 2.49. The Kier molecular flexibility index (Phi) is 3.83. The maximum atomic E-state index is 12.8. The minimum Gasteiger partial charge on any atom is -0.496 e. The van der Waals surface area contributed by atoms with Gasteiger partial charge in [0.25, 0.3) is 10.0 Å². The van der Waals surface area contributed by atoms with E-state index in [2.05, 4.69) is 22.6 Å². The van der Waals surface area contributed by atoms with Gasteiger partial charge in [0.05, 0.1) is 21.3 Å². The van der Waals surface area contributed by atoms with Crippen LogP contribution in [0.15, 0.2) is 47.4 Å². The van der Waals surface area contributed by atoms with Gasteiger partial charge in [-0.2, -0.15) is 0 Å². The van der Waals surface area contributed by atoms with Crippen molar-refractivity contribution in [1.82, 2.24) is 0 Å². The zero-order valence-electron chi connectivity index (χ0n) is 11.4. The minimum atomic E-state index is -3.53. The highest BCUT2D eigenvalue weighted by Crippen LogP contribution is 2.34. The summed E-state index contributed by atoms with van der Waals surface area (Å²) in [6, 6.07) is 12.6. The number of ether oxygens (including phenoxy) is 1. The first kappa shape index (κ1) is 14.6. The molecule has 0 aliphatic carbocycles. The van der Waals surface area contributed by atoms with Crippen LogP contribution in [0.1, 0.15) is 5.56 Å². The third kappa shape index (κ3) is 2.50. The number of hydrogen-bond acceptors (Lipinski definition) is 3. The second kappa shape index (κ2) is 5.49. The Hall–Kier alpha value is -1.28. The van der Waals surface area contributed by atoms with Crippen LogP contribution in [-0.2, 0) is 16.4 Å². The molecule has 0 amide bonds. The zero-order chi connectivity index (χ0) is 15.0. The number of rotatable bonds is 3. The molecule has 110 valence electrons. The van der Waals surface area contributed by atoms with Crippen LogP contribution in [0.25, 0.3) is 0 Å². The molecule has 1 aliphatic heterocycles. The van der Waals surface area contributed by atoms with Gasteiger partial charge in [0.1, 0.15) is 5.75 Å². The quantitative estimate of drug-likeness (QED) is 0.725. The highest BCUT2D eigenvalue weighted by molar-refractivity contribution is 14.1. The molecule has 0 atom stereocenters. The first-order chi connectivity index (χ1) is 10.0. The van der Waals surface area contributed by atoms with Gasteiger partial charge in [-0.25, -0.2) is 8.42 Å². The number of sulfonamides is 1. The van der Waals surface area contributed by atoms with Gasteiger partial charge in [0.15, 0.2) is 0 Å². The zero-order valence-corrected chi connectivity index (χ0v) is 14.4.